The molecule has 2 saturated heterocycles. The van der Waals surface area contributed by atoms with Gasteiger partial charge >= 0.3 is 0 Å². The maximum absolute atomic E-state index is 13.5. The molecular formula is C39H51ClN4O5S. The van der Waals surface area contributed by atoms with Crippen LogP contribution < -0.4 is 14.4 Å². The lowest BCUT2D eigenvalue weighted by Gasteiger charge is -2.57. The third-order valence-corrected chi connectivity index (χ3v) is 14.0. The van der Waals surface area contributed by atoms with Gasteiger partial charge in [-0.3, -0.25) is 19.3 Å². The summed E-state index contributed by atoms with van der Waals surface area (Å²) >= 11 is 6.51. The largest absolute Gasteiger partial charge is 0.490 e. The van der Waals surface area contributed by atoms with Crippen molar-refractivity contribution in [3.63, 3.8) is 0 Å². The average molecular weight is 723 g/mol. The Kier molecular flexibility index (Phi) is 9.80. The van der Waals surface area contributed by atoms with Gasteiger partial charge < -0.3 is 19.1 Å². The zero-order chi connectivity index (χ0) is 34.5. The molecule has 0 radical (unpaired) electrons. The summed E-state index contributed by atoms with van der Waals surface area (Å²) in [5.41, 5.74) is 3.28. The van der Waals surface area contributed by atoms with Gasteiger partial charge in [0.15, 0.2) is 0 Å². The minimum atomic E-state index is -1.51. The van der Waals surface area contributed by atoms with Gasteiger partial charge in [-0.1, -0.05) is 30.7 Å². The molecule has 50 heavy (non-hydrogen) atoms. The summed E-state index contributed by atoms with van der Waals surface area (Å²) in [6.45, 7) is 9.65. The fourth-order valence-corrected chi connectivity index (χ4v) is 11.0. The molecule has 4 heterocycles. The van der Waals surface area contributed by atoms with Crippen LogP contribution in [0.4, 0.5) is 5.69 Å². The van der Waals surface area contributed by atoms with E-state index in [2.05, 4.69) is 50.6 Å². The first kappa shape index (κ1) is 34.6. The van der Waals surface area contributed by atoms with Gasteiger partial charge in [0, 0.05) is 80.1 Å². The number of anilines is 1. The first-order chi connectivity index (χ1) is 24.3. The number of morpholine rings is 1. The number of hydrogen-bond donors (Lipinski definition) is 1. The second-order valence-electron chi connectivity index (χ2n) is 15.6. The second-order valence-corrected chi connectivity index (χ2v) is 17.2. The Morgan fingerprint density at radius 1 is 1.10 bits per heavy atom. The number of fused-ring (bicyclic) bond motifs is 5. The molecule has 1 spiro atoms. The van der Waals surface area contributed by atoms with Crippen LogP contribution in [0.15, 0.2) is 48.6 Å². The highest BCUT2D eigenvalue weighted by Gasteiger charge is 2.53. The van der Waals surface area contributed by atoms with Crippen LogP contribution in [-0.4, -0.2) is 104 Å². The lowest BCUT2D eigenvalue weighted by atomic mass is 9.66. The lowest BCUT2D eigenvalue weighted by Crippen LogP contribution is -2.67. The molecule has 2 bridgehead atoms. The molecule has 6 aliphatic rings. The fraction of sp³-hybridized carbons (Fsp3) is 0.615. The van der Waals surface area contributed by atoms with E-state index in [1.54, 1.807) is 0 Å². The predicted octanol–water partition coefficient (Wildman–Crippen LogP) is 5.19. The van der Waals surface area contributed by atoms with Crippen molar-refractivity contribution in [2.75, 3.05) is 76.9 Å². The van der Waals surface area contributed by atoms with E-state index in [4.69, 9.17) is 25.8 Å². The van der Waals surface area contributed by atoms with Gasteiger partial charge in [-0.15, -0.1) is 0 Å². The van der Waals surface area contributed by atoms with Crippen LogP contribution in [0.5, 0.6) is 5.75 Å². The van der Waals surface area contributed by atoms with Crippen molar-refractivity contribution in [2.24, 2.45) is 17.8 Å². The van der Waals surface area contributed by atoms with E-state index in [9.17, 15) is 9.00 Å². The fourth-order valence-electron chi connectivity index (χ4n) is 9.75. The summed E-state index contributed by atoms with van der Waals surface area (Å²) in [5, 5.41) is 0.771. The number of nitrogens with zero attached hydrogens (tertiary/aromatic N) is 3. The van der Waals surface area contributed by atoms with E-state index >= 15 is 0 Å². The van der Waals surface area contributed by atoms with Crippen LogP contribution >= 0.6 is 11.6 Å². The van der Waals surface area contributed by atoms with Crippen LogP contribution in [0.1, 0.15) is 60.5 Å². The minimum absolute atomic E-state index is 0.121. The summed E-state index contributed by atoms with van der Waals surface area (Å²) in [5.74, 6) is 1.63. The molecule has 3 fully saturated rings. The third-order valence-electron chi connectivity index (χ3n) is 12.5. The van der Waals surface area contributed by atoms with Crippen molar-refractivity contribution in [2.45, 2.75) is 62.6 Å². The Morgan fingerprint density at radius 2 is 2.00 bits per heavy atom. The van der Waals surface area contributed by atoms with Crippen molar-refractivity contribution in [1.82, 2.24) is 14.5 Å². The van der Waals surface area contributed by atoms with Gasteiger partial charge in [-0.2, -0.15) is 0 Å². The average Bonchev–Trinajstić information content (AvgIpc) is 3.25. The number of methoxy groups -OCH3 is 1. The summed E-state index contributed by atoms with van der Waals surface area (Å²) in [7, 11) is 0.380. The number of benzene rings is 2. The van der Waals surface area contributed by atoms with Crippen molar-refractivity contribution in [1.29, 1.82) is 0 Å². The number of nitrogens with one attached hydrogen (secondary N) is 1. The highest BCUT2D eigenvalue weighted by Crippen LogP contribution is 2.50. The Morgan fingerprint density at radius 3 is 2.84 bits per heavy atom. The third kappa shape index (κ3) is 6.43. The molecule has 7 atom stereocenters. The van der Waals surface area contributed by atoms with E-state index in [-0.39, 0.29) is 23.2 Å². The molecule has 0 aromatic heterocycles. The first-order valence-corrected chi connectivity index (χ1v) is 20.3. The van der Waals surface area contributed by atoms with Crippen LogP contribution in [-0.2, 0) is 32.3 Å². The molecular weight excluding hydrogens is 672 g/mol. The highest BCUT2D eigenvalue weighted by molar-refractivity contribution is 7.83. The van der Waals surface area contributed by atoms with Crippen molar-refractivity contribution >= 4 is 34.2 Å². The number of carbonyl (C=O) groups excluding carboxylic acids is 1. The molecule has 1 amide bonds. The number of halogens is 1. The van der Waals surface area contributed by atoms with Crippen LogP contribution in [0.2, 0.25) is 5.02 Å². The Labute approximate surface area is 304 Å². The smallest absolute Gasteiger partial charge is 0.263 e. The Bertz CT molecular complexity index is 1660. The van der Waals surface area contributed by atoms with Gasteiger partial charge in [0.2, 0.25) is 0 Å². The number of allylic oxidation sites excluding steroid dienone is 1. The predicted molar refractivity (Wildman–Crippen MR) is 197 cm³/mol. The Hall–Kier alpha value is -2.47. The zero-order valence-electron chi connectivity index (χ0n) is 29.4. The first-order valence-electron chi connectivity index (χ1n) is 18.6. The van der Waals surface area contributed by atoms with Crippen LogP contribution in [0.3, 0.4) is 0 Å². The van der Waals surface area contributed by atoms with E-state index in [1.165, 1.54) is 11.1 Å². The van der Waals surface area contributed by atoms with E-state index in [1.807, 2.05) is 31.4 Å². The molecule has 8 rings (SSSR count). The van der Waals surface area contributed by atoms with E-state index < -0.39 is 16.7 Å². The SMILES string of the molecule is CO[C@]1(N2CCN3CCOCC3C2)/C=C/CC(C)CS(=O)NC(=O)c2ccc3c(c2)N(CC2CCC21)C[C@@]1(CCCc2cc(Cl)ccc21)CO3. The highest BCUT2D eigenvalue weighted by atomic mass is 35.5. The molecule has 2 aliphatic carbocycles. The number of aryl methyl sites for hydroxylation is 1. The molecule has 1 N–H and O–H groups in total. The number of amides is 1. The number of carbonyl (C=O) groups is 1. The van der Waals surface area contributed by atoms with Gasteiger partial charge in [-0.05, 0) is 97.9 Å². The van der Waals surface area contributed by atoms with Gasteiger partial charge in [0.05, 0.1) is 25.5 Å². The summed E-state index contributed by atoms with van der Waals surface area (Å²) in [6, 6.07) is 12.4. The molecule has 2 aromatic carbocycles. The monoisotopic (exact) mass is 722 g/mol. The lowest BCUT2D eigenvalue weighted by molar-refractivity contribution is -0.195. The van der Waals surface area contributed by atoms with E-state index in [0.29, 0.717) is 29.9 Å². The molecule has 270 valence electrons. The molecule has 11 heteroatoms. The topological polar surface area (TPSA) is 83.6 Å². The minimum Gasteiger partial charge on any atom is -0.490 e. The second kappa shape index (κ2) is 14.2. The summed E-state index contributed by atoms with van der Waals surface area (Å²) < 4.78 is 35.4. The molecule has 9 nitrogen and oxygen atoms in total. The van der Waals surface area contributed by atoms with Crippen LogP contribution in [0, 0.1) is 17.8 Å². The van der Waals surface area contributed by atoms with Gasteiger partial charge in [0.1, 0.15) is 22.5 Å². The molecule has 2 aromatic rings. The Balaban J connectivity index is 1.19. The molecule has 5 unspecified atom stereocenters. The summed E-state index contributed by atoms with van der Waals surface area (Å²) in [4.78, 5) is 21.2. The van der Waals surface area contributed by atoms with Crippen molar-refractivity contribution in [3.05, 3.63) is 70.3 Å². The number of rotatable bonds is 2. The van der Waals surface area contributed by atoms with Gasteiger partial charge in [0.25, 0.3) is 5.91 Å². The van der Waals surface area contributed by atoms with E-state index in [0.717, 1.165) is 107 Å². The zero-order valence-corrected chi connectivity index (χ0v) is 31.0. The standard InChI is InChI=1S/C39H51ClN4O5S/c1-27-5-3-14-39(47-2,44-16-15-42-17-18-48-23-32(42)22-44)34-10-7-30(34)21-43-25-38(13-4-6-28-19-31(40)9-11-33(28)38)26-49-36-12-8-29(20-35(36)43)37(45)41-50(46)24-27/h3,8-9,11-12,14,19-20,27,30,32,34H,4-7,10,13,15-18,21-26H2,1-2H3,(H,41,45)/b14-3+/t27?,30?,32?,34?,38-,39+,50?/m0/s1. The number of piperazine rings is 1. The number of ether oxygens (including phenoxy) is 3. The maximum Gasteiger partial charge on any atom is 0.263 e. The quantitative estimate of drug-likeness (QED) is 0.425. The van der Waals surface area contributed by atoms with Crippen molar-refractivity contribution < 1.29 is 23.2 Å². The number of hydrogen-bond acceptors (Lipinski definition) is 8. The normalized spacial score (nSPS) is 35.8. The van der Waals surface area contributed by atoms with Crippen molar-refractivity contribution in [3.8, 4) is 5.75 Å². The molecule has 4 aliphatic heterocycles. The molecule has 1 saturated carbocycles. The maximum atomic E-state index is 13.5. The van der Waals surface area contributed by atoms with Crippen LogP contribution in [0.25, 0.3) is 0 Å². The van der Waals surface area contributed by atoms with Gasteiger partial charge in [-0.25, -0.2) is 4.21 Å². The summed E-state index contributed by atoms with van der Waals surface area (Å²) in [6.07, 6.45) is 10.6.